The molecule has 0 radical (unpaired) electrons. The average molecular weight is 414 g/mol. The maximum atomic E-state index is 12.6. The van der Waals surface area contributed by atoms with Crippen LogP contribution in [0.2, 0.25) is 0 Å². The molecule has 0 spiro atoms. The summed E-state index contributed by atoms with van der Waals surface area (Å²) in [5.41, 5.74) is 12.6. The fourth-order valence-electron chi connectivity index (χ4n) is 2.55. The van der Waals surface area contributed by atoms with Crippen molar-refractivity contribution in [3.63, 3.8) is 0 Å². The number of hydrogen-bond donors (Lipinski definition) is 4. The van der Waals surface area contributed by atoms with E-state index in [1.165, 1.54) is 11.3 Å². The number of nitrogens with one attached hydrogen (secondary N) is 2. The van der Waals surface area contributed by atoms with E-state index in [-0.39, 0.29) is 30.2 Å². The summed E-state index contributed by atoms with van der Waals surface area (Å²) >= 11 is 1.30. The van der Waals surface area contributed by atoms with E-state index >= 15 is 0 Å². The van der Waals surface area contributed by atoms with Crippen LogP contribution in [0.4, 0.5) is 5.13 Å². The van der Waals surface area contributed by atoms with Crippen molar-refractivity contribution in [3.8, 4) is 17.3 Å². The Hall–Kier alpha value is -3.45. The minimum Gasteiger partial charge on any atom is -0.370 e. The zero-order valence-corrected chi connectivity index (χ0v) is 17.0. The fourth-order valence-corrected chi connectivity index (χ4v) is 3.26. The quantitative estimate of drug-likeness (QED) is 0.291. The van der Waals surface area contributed by atoms with Crippen LogP contribution in [0.25, 0.3) is 11.3 Å². The molecule has 1 atom stereocenters. The monoisotopic (exact) mass is 413 g/mol. The first kappa shape index (κ1) is 21.8. The highest BCUT2D eigenvalue weighted by atomic mass is 32.1. The molecule has 2 amide bonds. The number of benzene rings is 1. The Morgan fingerprint density at radius 3 is 2.55 bits per heavy atom. The Labute approximate surface area is 172 Å². The van der Waals surface area contributed by atoms with Crippen LogP contribution < -0.4 is 22.1 Å². The minimum absolute atomic E-state index is 0.0623. The SMILES string of the molecule is CC(C)CC(NC(=O)c1ccc(-c2csc(N=C(N)N)n2)cc1)C(=O)NCC#N. The van der Waals surface area contributed by atoms with E-state index in [9.17, 15) is 9.59 Å². The number of hydrogen-bond acceptors (Lipinski definition) is 6. The largest absolute Gasteiger partial charge is 0.370 e. The number of thiazole rings is 1. The van der Waals surface area contributed by atoms with Crippen molar-refractivity contribution in [2.24, 2.45) is 22.4 Å². The molecule has 9 nitrogen and oxygen atoms in total. The van der Waals surface area contributed by atoms with Gasteiger partial charge in [0, 0.05) is 16.5 Å². The first-order valence-corrected chi connectivity index (χ1v) is 9.79. The Morgan fingerprint density at radius 1 is 1.28 bits per heavy atom. The number of amides is 2. The molecule has 0 aliphatic heterocycles. The third-order valence-electron chi connectivity index (χ3n) is 3.83. The molecule has 2 rings (SSSR count). The normalized spacial score (nSPS) is 11.4. The summed E-state index contributed by atoms with van der Waals surface area (Å²) in [4.78, 5) is 33.0. The van der Waals surface area contributed by atoms with E-state index in [1.54, 1.807) is 24.3 Å². The lowest BCUT2D eigenvalue weighted by atomic mass is 10.0. The molecule has 0 aliphatic rings. The van der Waals surface area contributed by atoms with Crippen molar-refractivity contribution >= 4 is 34.2 Å². The van der Waals surface area contributed by atoms with Crippen molar-refractivity contribution in [2.45, 2.75) is 26.3 Å². The van der Waals surface area contributed by atoms with Crippen molar-refractivity contribution in [2.75, 3.05) is 6.54 Å². The van der Waals surface area contributed by atoms with Crippen molar-refractivity contribution < 1.29 is 9.59 Å². The van der Waals surface area contributed by atoms with E-state index in [0.717, 1.165) is 5.56 Å². The first-order valence-electron chi connectivity index (χ1n) is 8.91. The van der Waals surface area contributed by atoms with Crippen molar-refractivity contribution in [1.29, 1.82) is 5.26 Å². The Bertz CT molecular complexity index is 925. The third kappa shape index (κ3) is 6.58. The van der Waals surface area contributed by atoms with Crippen LogP contribution in [0.3, 0.4) is 0 Å². The number of rotatable bonds is 8. The predicted molar refractivity (Wildman–Crippen MR) is 112 cm³/mol. The summed E-state index contributed by atoms with van der Waals surface area (Å²) < 4.78 is 0. The molecule has 0 fully saturated rings. The Balaban J connectivity index is 2.10. The zero-order valence-electron chi connectivity index (χ0n) is 16.2. The van der Waals surface area contributed by atoms with Gasteiger partial charge in [0.1, 0.15) is 12.6 Å². The summed E-state index contributed by atoms with van der Waals surface area (Å²) in [7, 11) is 0. The van der Waals surface area contributed by atoms with Crippen LogP contribution in [0.5, 0.6) is 0 Å². The molecular formula is C19H23N7O2S. The standard InChI is InChI=1S/C19H23N7O2S/c1-11(2)9-14(17(28)23-8-7-20)24-16(27)13-5-3-12(4-6-13)15-10-29-19(25-15)26-18(21)22/h3-6,10-11,14H,8-9H2,1-2H3,(H,23,28)(H,24,27)(H4,21,22,25,26). The fraction of sp³-hybridized carbons (Fsp3) is 0.316. The van der Waals surface area contributed by atoms with Crippen LogP contribution in [-0.4, -0.2) is 35.3 Å². The predicted octanol–water partition coefficient (Wildman–Crippen LogP) is 1.50. The molecule has 0 saturated heterocycles. The van der Waals surface area contributed by atoms with Gasteiger partial charge in [0.15, 0.2) is 5.96 Å². The number of nitrogens with two attached hydrogens (primary N) is 2. The lowest BCUT2D eigenvalue weighted by Crippen LogP contribution is -2.47. The summed E-state index contributed by atoms with van der Waals surface area (Å²) in [5, 5.41) is 16.1. The highest BCUT2D eigenvalue weighted by Gasteiger charge is 2.22. The molecule has 152 valence electrons. The van der Waals surface area contributed by atoms with E-state index in [2.05, 4.69) is 20.6 Å². The Morgan fingerprint density at radius 2 is 1.97 bits per heavy atom. The van der Waals surface area contributed by atoms with Gasteiger partial charge >= 0.3 is 0 Å². The molecule has 1 aromatic heterocycles. The van der Waals surface area contributed by atoms with Gasteiger partial charge in [-0.2, -0.15) is 10.3 Å². The van der Waals surface area contributed by atoms with Crippen molar-refractivity contribution in [1.82, 2.24) is 15.6 Å². The highest BCUT2D eigenvalue weighted by molar-refractivity contribution is 7.13. The average Bonchev–Trinajstić information content (AvgIpc) is 3.13. The molecule has 29 heavy (non-hydrogen) atoms. The van der Waals surface area contributed by atoms with Crippen LogP contribution in [0.15, 0.2) is 34.6 Å². The van der Waals surface area contributed by atoms with E-state index in [1.807, 2.05) is 25.3 Å². The van der Waals surface area contributed by atoms with Gasteiger partial charge in [-0.1, -0.05) is 26.0 Å². The second-order valence-corrected chi connectivity index (χ2v) is 7.50. The molecule has 6 N–H and O–H groups in total. The van der Waals surface area contributed by atoms with Gasteiger partial charge in [0.2, 0.25) is 11.0 Å². The van der Waals surface area contributed by atoms with Gasteiger partial charge in [-0.05, 0) is 24.5 Å². The topological polar surface area (TPSA) is 159 Å². The van der Waals surface area contributed by atoms with Crippen LogP contribution in [0, 0.1) is 17.2 Å². The first-order chi connectivity index (χ1) is 13.8. The van der Waals surface area contributed by atoms with E-state index in [4.69, 9.17) is 16.7 Å². The van der Waals surface area contributed by atoms with Crippen molar-refractivity contribution in [3.05, 3.63) is 35.2 Å². The molecular weight excluding hydrogens is 390 g/mol. The molecule has 0 aliphatic carbocycles. The second kappa shape index (κ2) is 10.2. The van der Waals surface area contributed by atoms with Crippen LogP contribution in [-0.2, 0) is 4.79 Å². The van der Waals surface area contributed by atoms with Gasteiger partial charge in [0.05, 0.1) is 11.8 Å². The molecule has 0 saturated carbocycles. The maximum Gasteiger partial charge on any atom is 0.251 e. The van der Waals surface area contributed by atoms with Crippen LogP contribution >= 0.6 is 11.3 Å². The summed E-state index contributed by atoms with van der Waals surface area (Å²) in [6.07, 6.45) is 0.466. The molecule has 2 aromatic rings. The third-order valence-corrected chi connectivity index (χ3v) is 4.56. The summed E-state index contributed by atoms with van der Waals surface area (Å²) in [6, 6.07) is 7.98. The smallest absolute Gasteiger partial charge is 0.251 e. The van der Waals surface area contributed by atoms with Gasteiger partial charge in [-0.25, -0.2) is 4.98 Å². The molecule has 0 bridgehead atoms. The summed E-state index contributed by atoms with van der Waals surface area (Å²) in [6.45, 7) is 3.80. The second-order valence-electron chi connectivity index (χ2n) is 6.66. The van der Waals surface area contributed by atoms with Gasteiger partial charge in [0.25, 0.3) is 5.91 Å². The van der Waals surface area contributed by atoms with Gasteiger partial charge in [-0.3, -0.25) is 9.59 Å². The lowest BCUT2D eigenvalue weighted by molar-refractivity contribution is -0.123. The number of guanidine groups is 1. The number of nitriles is 1. The van der Waals surface area contributed by atoms with Gasteiger partial charge < -0.3 is 22.1 Å². The highest BCUT2D eigenvalue weighted by Crippen LogP contribution is 2.26. The Kier molecular flexibility index (Phi) is 7.68. The number of carbonyl (C=O) groups excluding carboxylic acids is 2. The lowest BCUT2D eigenvalue weighted by Gasteiger charge is -2.19. The molecule has 10 heteroatoms. The summed E-state index contributed by atoms with van der Waals surface area (Å²) in [5.74, 6) is -0.610. The maximum absolute atomic E-state index is 12.6. The zero-order chi connectivity index (χ0) is 21.4. The number of carbonyl (C=O) groups is 2. The number of aromatic nitrogens is 1. The minimum atomic E-state index is -0.712. The molecule has 1 aromatic carbocycles. The molecule has 1 unspecified atom stereocenters. The number of aliphatic imine (C=N–C) groups is 1. The van der Waals surface area contributed by atoms with E-state index in [0.29, 0.717) is 22.8 Å². The van der Waals surface area contributed by atoms with Crippen LogP contribution in [0.1, 0.15) is 30.6 Å². The molecule has 1 heterocycles. The number of nitrogens with zero attached hydrogens (tertiary/aromatic N) is 3. The van der Waals surface area contributed by atoms with Gasteiger partial charge in [-0.15, -0.1) is 11.3 Å². The van der Waals surface area contributed by atoms with E-state index < -0.39 is 6.04 Å².